The van der Waals surface area contributed by atoms with Gasteiger partial charge in [0.1, 0.15) is 6.04 Å². The third-order valence-electron chi connectivity index (χ3n) is 4.10. The molecule has 6 N–H and O–H groups in total. The van der Waals surface area contributed by atoms with Gasteiger partial charge < -0.3 is 21.7 Å². The van der Waals surface area contributed by atoms with Gasteiger partial charge in [0.25, 0.3) is 5.91 Å². The van der Waals surface area contributed by atoms with Crippen LogP contribution in [0.5, 0.6) is 0 Å². The molecule has 0 spiro atoms. The van der Waals surface area contributed by atoms with Crippen molar-refractivity contribution in [3.05, 3.63) is 18.6 Å². The molecule has 1 aromatic rings. The summed E-state index contributed by atoms with van der Waals surface area (Å²) in [5, 5.41) is 5.51. The summed E-state index contributed by atoms with van der Waals surface area (Å²) in [6.45, 7) is 0.783. The Bertz CT molecular complexity index is 636. The normalized spacial score (nSPS) is 17.9. The molecule has 2 rings (SSSR count). The van der Waals surface area contributed by atoms with Crippen LogP contribution in [0.25, 0.3) is 0 Å². The fourth-order valence-corrected chi connectivity index (χ4v) is 2.55. The fraction of sp³-hybridized carbons (Fsp3) is 0.562. The summed E-state index contributed by atoms with van der Waals surface area (Å²) in [7, 11) is 1.59. The molecule has 1 aromatic heterocycles. The highest BCUT2D eigenvalue weighted by Gasteiger charge is 2.31. The molecule has 2 heterocycles. The standard InChI is InChI=1S/C16H26N8O2/c1-24(14(25)8-11(18)4-2-3-5-17)12-9-21-16(23-15(12)26)22-13-10-19-6-7-20-13/h6-7,10-12H,2-5,8-9,17-18H2,1H3,(H2,20,21,22,23,26)/t11-,12?/m0/s1. The number of anilines is 1. The molecule has 0 fully saturated rings. The van der Waals surface area contributed by atoms with Crippen LogP contribution >= 0.6 is 0 Å². The Hall–Kier alpha value is -2.59. The molecule has 2 amide bonds. The van der Waals surface area contributed by atoms with Crippen LogP contribution < -0.4 is 22.1 Å². The highest BCUT2D eigenvalue weighted by atomic mass is 16.2. The van der Waals surface area contributed by atoms with E-state index in [1.165, 1.54) is 17.3 Å². The smallest absolute Gasteiger partial charge is 0.251 e. The van der Waals surface area contributed by atoms with E-state index in [1.54, 1.807) is 13.2 Å². The Morgan fingerprint density at radius 3 is 2.92 bits per heavy atom. The monoisotopic (exact) mass is 362 g/mol. The Morgan fingerprint density at radius 2 is 2.27 bits per heavy atom. The number of likely N-dealkylation sites (N-methyl/N-ethyl adjacent to an activating group) is 1. The first-order chi connectivity index (χ1) is 12.5. The van der Waals surface area contributed by atoms with Gasteiger partial charge in [-0.05, 0) is 19.4 Å². The summed E-state index contributed by atoms with van der Waals surface area (Å²) in [6.07, 6.45) is 7.29. The molecular formula is C16H26N8O2. The lowest BCUT2D eigenvalue weighted by molar-refractivity contribution is -0.138. The van der Waals surface area contributed by atoms with E-state index in [4.69, 9.17) is 11.5 Å². The van der Waals surface area contributed by atoms with Crippen LogP contribution in [0, 0.1) is 0 Å². The van der Waals surface area contributed by atoms with Crippen LogP contribution in [0.2, 0.25) is 0 Å². The van der Waals surface area contributed by atoms with Crippen molar-refractivity contribution in [3.8, 4) is 0 Å². The molecule has 0 aliphatic carbocycles. The first-order valence-corrected chi connectivity index (χ1v) is 8.61. The van der Waals surface area contributed by atoms with Crippen LogP contribution in [0.3, 0.4) is 0 Å². The SMILES string of the molecule is CN(C(=O)C[C@@H](N)CCCCN)C1CN=C(Nc2cnccn2)NC1=O. The Kier molecular flexibility index (Phi) is 7.42. The zero-order chi connectivity index (χ0) is 18.9. The maximum absolute atomic E-state index is 12.4. The largest absolute Gasteiger partial charge is 0.332 e. The Balaban J connectivity index is 1.86. The van der Waals surface area contributed by atoms with Gasteiger partial charge in [0.2, 0.25) is 11.9 Å². The third-order valence-corrected chi connectivity index (χ3v) is 4.10. The number of nitrogens with one attached hydrogen (secondary N) is 2. The average Bonchev–Trinajstić information content (AvgIpc) is 2.62. The van der Waals surface area contributed by atoms with Gasteiger partial charge in [0, 0.05) is 31.9 Å². The zero-order valence-electron chi connectivity index (χ0n) is 14.9. The van der Waals surface area contributed by atoms with Crippen molar-refractivity contribution in [2.45, 2.75) is 37.8 Å². The number of hydrogen-bond acceptors (Lipinski definition) is 8. The van der Waals surface area contributed by atoms with Crippen LogP contribution in [-0.4, -0.2) is 64.9 Å². The van der Waals surface area contributed by atoms with Gasteiger partial charge in [-0.3, -0.25) is 19.9 Å². The van der Waals surface area contributed by atoms with Gasteiger partial charge in [-0.25, -0.2) is 9.98 Å². The second-order valence-electron chi connectivity index (χ2n) is 6.16. The first-order valence-electron chi connectivity index (χ1n) is 8.61. The number of amides is 2. The van der Waals surface area contributed by atoms with E-state index in [-0.39, 0.29) is 36.8 Å². The topological polar surface area (TPSA) is 152 Å². The van der Waals surface area contributed by atoms with Crippen LogP contribution in [0.4, 0.5) is 5.82 Å². The molecule has 1 aliphatic rings. The maximum Gasteiger partial charge on any atom is 0.251 e. The van der Waals surface area contributed by atoms with Gasteiger partial charge >= 0.3 is 0 Å². The Labute approximate surface area is 152 Å². The maximum atomic E-state index is 12.4. The summed E-state index contributed by atoms with van der Waals surface area (Å²) in [5.74, 6) is 0.272. The van der Waals surface area contributed by atoms with Gasteiger partial charge in [0.05, 0.1) is 12.7 Å². The fourth-order valence-electron chi connectivity index (χ4n) is 2.55. The number of nitrogens with two attached hydrogens (primary N) is 2. The summed E-state index contributed by atoms with van der Waals surface area (Å²) in [4.78, 5) is 38.3. The van der Waals surface area contributed by atoms with Crippen LogP contribution in [0.15, 0.2) is 23.6 Å². The number of nitrogens with zero attached hydrogens (tertiary/aromatic N) is 4. The van der Waals surface area contributed by atoms with Crippen molar-refractivity contribution in [3.63, 3.8) is 0 Å². The van der Waals surface area contributed by atoms with Crippen molar-refractivity contribution in [1.82, 2.24) is 20.2 Å². The minimum atomic E-state index is -0.661. The number of carbonyl (C=O) groups excluding carboxylic acids is 2. The number of aliphatic imine (C=N–C) groups is 1. The average molecular weight is 362 g/mol. The number of aromatic nitrogens is 2. The molecular weight excluding hydrogens is 336 g/mol. The summed E-state index contributed by atoms with van der Waals surface area (Å²) in [6, 6.07) is -0.897. The minimum Gasteiger partial charge on any atom is -0.332 e. The molecule has 0 saturated heterocycles. The lowest BCUT2D eigenvalue weighted by atomic mass is 10.1. The quantitative estimate of drug-likeness (QED) is 0.435. The number of unbranched alkanes of at least 4 members (excludes halogenated alkanes) is 1. The second-order valence-corrected chi connectivity index (χ2v) is 6.16. The van der Waals surface area contributed by atoms with Crippen molar-refractivity contribution in [1.29, 1.82) is 0 Å². The summed E-state index contributed by atoms with van der Waals surface area (Å²) < 4.78 is 0. The molecule has 1 aliphatic heterocycles. The van der Waals surface area contributed by atoms with E-state index in [9.17, 15) is 9.59 Å². The molecule has 0 aromatic carbocycles. The second kappa shape index (κ2) is 9.78. The van der Waals surface area contributed by atoms with E-state index >= 15 is 0 Å². The van der Waals surface area contributed by atoms with Gasteiger partial charge in [0.15, 0.2) is 5.82 Å². The van der Waals surface area contributed by atoms with Gasteiger partial charge in [-0.2, -0.15) is 0 Å². The van der Waals surface area contributed by atoms with Crippen LogP contribution in [-0.2, 0) is 9.59 Å². The lowest BCUT2D eigenvalue weighted by Gasteiger charge is -2.30. The summed E-state index contributed by atoms with van der Waals surface area (Å²) >= 11 is 0. The predicted octanol–water partition coefficient (Wildman–Crippen LogP) is -0.952. The number of guanidine groups is 1. The molecule has 0 bridgehead atoms. The summed E-state index contributed by atoms with van der Waals surface area (Å²) in [5.41, 5.74) is 11.4. The van der Waals surface area contributed by atoms with Crippen molar-refractivity contribution in [2.24, 2.45) is 16.5 Å². The van der Waals surface area contributed by atoms with E-state index in [0.717, 1.165) is 19.3 Å². The van der Waals surface area contributed by atoms with E-state index in [2.05, 4.69) is 25.6 Å². The molecule has 26 heavy (non-hydrogen) atoms. The lowest BCUT2D eigenvalue weighted by Crippen LogP contribution is -2.55. The minimum absolute atomic E-state index is 0.166. The molecule has 10 nitrogen and oxygen atoms in total. The third kappa shape index (κ3) is 5.74. The van der Waals surface area contributed by atoms with Crippen LogP contribution in [0.1, 0.15) is 25.7 Å². The number of hydrogen-bond donors (Lipinski definition) is 4. The number of rotatable bonds is 8. The highest BCUT2D eigenvalue weighted by Crippen LogP contribution is 2.09. The Morgan fingerprint density at radius 1 is 1.46 bits per heavy atom. The first kappa shape index (κ1) is 19.7. The van der Waals surface area contributed by atoms with E-state index in [0.29, 0.717) is 12.4 Å². The highest BCUT2D eigenvalue weighted by molar-refractivity contribution is 6.07. The van der Waals surface area contributed by atoms with Crippen molar-refractivity contribution >= 4 is 23.6 Å². The van der Waals surface area contributed by atoms with E-state index < -0.39 is 6.04 Å². The molecule has 2 atom stereocenters. The molecule has 0 saturated carbocycles. The van der Waals surface area contributed by atoms with Crippen molar-refractivity contribution in [2.75, 3.05) is 25.5 Å². The van der Waals surface area contributed by atoms with Gasteiger partial charge in [-0.15, -0.1) is 0 Å². The molecule has 1 unspecified atom stereocenters. The molecule has 10 heteroatoms. The predicted molar refractivity (Wildman–Crippen MR) is 98.2 cm³/mol. The number of carbonyl (C=O) groups is 2. The van der Waals surface area contributed by atoms with E-state index in [1.807, 2.05) is 0 Å². The van der Waals surface area contributed by atoms with Crippen molar-refractivity contribution < 1.29 is 9.59 Å². The molecule has 142 valence electrons. The molecule has 0 radical (unpaired) electrons. The zero-order valence-corrected chi connectivity index (χ0v) is 14.9. The van der Waals surface area contributed by atoms with Gasteiger partial charge in [-0.1, -0.05) is 6.42 Å².